The first kappa shape index (κ1) is 22.8. The predicted octanol–water partition coefficient (Wildman–Crippen LogP) is 3.30. The zero-order valence-electron chi connectivity index (χ0n) is 17.0. The molecule has 0 saturated heterocycles. The van der Waals surface area contributed by atoms with E-state index in [1.165, 1.54) is 17.9 Å². The summed E-state index contributed by atoms with van der Waals surface area (Å²) in [5.74, 6) is -1.00. The molecule has 7 nitrogen and oxygen atoms in total. The summed E-state index contributed by atoms with van der Waals surface area (Å²) < 4.78 is 34.5. The molecular weight excluding hydrogens is 442 g/mol. The summed E-state index contributed by atoms with van der Waals surface area (Å²) in [7, 11) is -3.38. The van der Waals surface area contributed by atoms with Gasteiger partial charge in [0.15, 0.2) is 22.5 Å². The Morgan fingerprint density at radius 2 is 1.90 bits per heavy atom. The second-order valence-electron chi connectivity index (χ2n) is 7.10. The molecule has 0 bridgehead atoms. The van der Waals surface area contributed by atoms with Gasteiger partial charge in [0.05, 0.1) is 11.8 Å². The quantitative estimate of drug-likeness (QED) is 0.585. The fraction of sp³-hybridized carbons (Fsp3) is 0.273. The van der Waals surface area contributed by atoms with Gasteiger partial charge in [-0.2, -0.15) is 0 Å². The average Bonchev–Trinajstić information content (AvgIpc) is 3.08. The highest BCUT2D eigenvalue weighted by Gasteiger charge is 2.32. The zero-order valence-corrected chi connectivity index (χ0v) is 18.6. The Morgan fingerprint density at radius 1 is 1.19 bits per heavy atom. The molecule has 164 valence electrons. The van der Waals surface area contributed by atoms with Crippen LogP contribution < -0.4 is 9.64 Å². The van der Waals surface area contributed by atoms with Crippen LogP contribution in [0.15, 0.2) is 60.0 Å². The fourth-order valence-electron chi connectivity index (χ4n) is 3.13. The summed E-state index contributed by atoms with van der Waals surface area (Å²) in [5, 5.41) is 1.65. The molecular formula is C22H22ClNO6S. The third-order valence-electron chi connectivity index (χ3n) is 4.66. The SMILES string of the molecule is Cc1cc(Cl)ccc1OC(C)C(=O)OCC(=O)N(c1ccccc1)C1C=CS(=O)(=O)C1. The molecule has 2 aromatic rings. The summed E-state index contributed by atoms with van der Waals surface area (Å²) >= 11 is 5.92. The van der Waals surface area contributed by atoms with Crippen LogP contribution in [0, 0.1) is 6.92 Å². The van der Waals surface area contributed by atoms with E-state index in [0.29, 0.717) is 16.5 Å². The van der Waals surface area contributed by atoms with Crippen LogP contribution in [0.1, 0.15) is 12.5 Å². The number of esters is 1. The van der Waals surface area contributed by atoms with Crippen molar-refractivity contribution in [1.29, 1.82) is 0 Å². The van der Waals surface area contributed by atoms with E-state index in [4.69, 9.17) is 21.1 Å². The fourth-order valence-corrected chi connectivity index (χ4v) is 4.63. The van der Waals surface area contributed by atoms with Gasteiger partial charge in [-0.25, -0.2) is 13.2 Å². The molecule has 31 heavy (non-hydrogen) atoms. The van der Waals surface area contributed by atoms with Gasteiger partial charge in [-0.3, -0.25) is 4.79 Å². The number of rotatable bonds is 7. The molecule has 3 rings (SSSR count). The van der Waals surface area contributed by atoms with Crippen molar-refractivity contribution in [2.75, 3.05) is 17.3 Å². The number of sulfone groups is 1. The minimum atomic E-state index is -3.38. The molecule has 0 aliphatic carbocycles. The first-order chi connectivity index (χ1) is 14.7. The zero-order chi connectivity index (χ0) is 22.6. The molecule has 2 atom stereocenters. The van der Waals surface area contributed by atoms with E-state index >= 15 is 0 Å². The van der Waals surface area contributed by atoms with Crippen LogP contribution >= 0.6 is 11.6 Å². The largest absolute Gasteiger partial charge is 0.479 e. The molecule has 1 aliphatic heterocycles. The third-order valence-corrected chi connectivity index (χ3v) is 6.27. The van der Waals surface area contributed by atoms with Gasteiger partial charge in [-0.1, -0.05) is 29.8 Å². The molecule has 0 aromatic heterocycles. The lowest BCUT2D eigenvalue weighted by Gasteiger charge is -2.27. The number of anilines is 1. The standard InChI is InChI=1S/C22H22ClNO6S/c1-15-12-17(23)8-9-20(15)30-16(2)22(26)29-13-21(25)24(18-6-4-3-5-7-18)19-10-11-31(27,28)14-19/h3-12,16,19H,13-14H2,1-2H3. The van der Waals surface area contributed by atoms with Crippen LogP contribution in [0.4, 0.5) is 5.69 Å². The number of carbonyl (C=O) groups is 2. The number of hydrogen-bond donors (Lipinski definition) is 0. The lowest BCUT2D eigenvalue weighted by atomic mass is 10.2. The number of carbonyl (C=O) groups excluding carboxylic acids is 2. The Balaban J connectivity index is 1.66. The first-order valence-electron chi connectivity index (χ1n) is 9.54. The van der Waals surface area contributed by atoms with Crippen molar-refractivity contribution in [3.05, 3.63) is 70.6 Å². The Bertz CT molecular complexity index is 1100. The highest BCUT2D eigenvalue weighted by atomic mass is 35.5. The molecule has 1 heterocycles. The molecule has 1 amide bonds. The van der Waals surface area contributed by atoms with Crippen LogP contribution in [-0.2, 0) is 24.2 Å². The molecule has 2 unspecified atom stereocenters. The Kier molecular flexibility index (Phi) is 7.02. The summed E-state index contributed by atoms with van der Waals surface area (Å²) in [6.45, 7) is 2.76. The van der Waals surface area contributed by atoms with E-state index in [9.17, 15) is 18.0 Å². The van der Waals surface area contributed by atoms with Gasteiger partial charge < -0.3 is 14.4 Å². The molecule has 9 heteroatoms. The van der Waals surface area contributed by atoms with Gasteiger partial charge in [-0.15, -0.1) is 0 Å². The van der Waals surface area contributed by atoms with Gasteiger partial charge >= 0.3 is 5.97 Å². The second kappa shape index (κ2) is 9.53. The second-order valence-corrected chi connectivity index (χ2v) is 9.47. The van der Waals surface area contributed by atoms with Crippen molar-refractivity contribution in [1.82, 2.24) is 0 Å². The molecule has 2 aromatic carbocycles. The van der Waals surface area contributed by atoms with Gasteiger partial charge in [0.1, 0.15) is 5.75 Å². The number of benzene rings is 2. The molecule has 0 spiro atoms. The third kappa shape index (κ3) is 5.86. The van der Waals surface area contributed by atoms with Gasteiger partial charge in [0.25, 0.3) is 5.91 Å². The minimum absolute atomic E-state index is 0.225. The average molecular weight is 464 g/mol. The predicted molar refractivity (Wildman–Crippen MR) is 118 cm³/mol. The van der Waals surface area contributed by atoms with Crippen LogP contribution in [0.5, 0.6) is 5.75 Å². The normalized spacial score (nSPS) is 17.7. The van der Waals surface area contributed by atoms with E-state index < -0.39 is 40.5 Å². The minimum Gasteiger partial charge on any atom is -0.479 e. The summed E-state index contributed by atoms with van der Waals surface area (Å²) in [6, 6.07) is 13.0. The van der Waals surface area contributed by atoms with E-state index in [0.717, 1.165) is 11.0 Å². The maximum absolute atomic E-state index is 12.9. The smallest absolute Gasteiger partial charge is 0.347 e. The lowest BCUT2D eigenvalue weighted by molar-refractivity contribution is -0.154. The molecule has 0 fully saturated rings. The number of para-hydroxylation sites is 1. The van der Waals surface area contributed by atoms with Crippen molar-refractivity contribution in [2.24, 2.45) is 0 Å². The van der Waals surface area contributed by atoms with Crippen molar-refractivity contribution in [2.45, 2.75) is 26.0 Å². The van der Waals surface area contributed by atoms with Gasteiger partial charge in [-0.05, 0) is 55.8 Å². The maximum atomic E-state index is 12.9. The summed E-state index contributed by atoms with van der Waals surface area (Å²) in [6.07, 6.45) is 0.501. The lowest BCUT2D eigenvalue weighted by Crippen LogP contribution is -2.44. The number of hydrogen-bond acceptors (Lipinski definition) is 6. The van der Waals surface area contributed by atoms with Crippen LogP contribution in [0.25, 0.3) is 0 Å². The van der Waals surface area contributed by atoms with Crippen LogP contribution in [-0.4, -0.2) is 44.8 Å². The highest BCUT2D eigenvalue weighted by molar-refractivity contribution is 7.94. The Labute approximate surface area is 186 Å². The molecule has 0 N–H and O–H groups in total. The number of aryl methyl sites for hydroxylation is 1. The Morgan fingerprint density at radius 3 is 2.52 bits per heavy atom. The molecule has 0 saturated carbocycles. The molecule has 0 radical (unpaired) electrons. The number of ether oxygens (including phenoxy) is 2. The van der Waals surface area contributed by atoms with Crippen LogP contribution in [0.3, 0.4) is 0 Å². The van der Waals surface area contributed by atoms with Crippen molar-refractivity contribution in [3.8, 4) is 5.75 Å². The maximum Gasteiger partial charge on any atom is 0.347 e. The number of halogens is 1. The molecule has 1 aliphatic rings. The van der Waals surface area contributed by atoms with E-state index in [1.807, 2.05) is 0 Å². The van der Waals surface area contributed by atoms with Gasteiger partial charge in [0.2, 0.25) is 0 Å². The Hall–Kier alpha value is -2.84. The van der Waals surface area contributed by atoms with E-state index in [-0.39, 0.29) is 5.75 Å². The van der Waals surface area contributed by atoms with Crippen molar-refractivity contribution >= 4 is 39.0 Å². The summed E-state index contributed by atoms with van der Waals surface area (Å²) in [5.41, 5.74) is 1.27. The van der Waals surface area contributed by atoms with E-state index in [2.05, 4.69) is 0 Å². The van der Waals surface area contributed by atoms with Crippen molar-refractivity contribution < 1.29 is 27.5 Å². The van der Waals surface area contributed by atoms with Crippen LogP contribution in [0.2, 0.25) is 5.02 Å². The highest BCUT2D eigenvalue weighted by Crippen LogP contribution is 2.24. The number of amides is 1. The topological polar surface area (TPSA) is 90.0 Å². The number of nitrogens with zero attached hydrogens (tertiary/aromatic N) is 1. The first-order valence-corrected chi connectivity index (χ1v) is 11.6. The van der Waals surface area contributed by atoms with Gasteiger partial charge in [0, 0.05) is 16.1 Å². The van der Waals surface area contributed by atoms with Crippen molar-refractivity contribution in [3.63, 3.8) is 0 Å². The summed E-state index contributed by atoms with van der Waals surface area (Å²) in [4.78, 5) is 26.6. The van der Waals surface area contributed by atoms with E-state index in [1.54, 1.807) is 55.5 Å². The monoisotopic (exact) mass is 463 g/mol.